The van der Waals surface area contributed by atoms with Gasteiger partial charge in [-0.25, -0.2) is 0 Å². The van der Waals surface area contributed by atoms with Gasteiger partial charge in [-0.1, -0.05) is 44.9 Å². The fourth-order valence-corrected chi connectivity index (χ4v) is 2.82. The normalized spacial score (nSPS) is 29.1. The van der Waals surface area contributed by atoms with Gasteiger partial charge in [0, 0.05) is 26.8 Å². The van der Waals surface area contributed by atoms with Crippen molar-refractivity contribution in [1.29, 1.82) is 0 Å². The second-order valence-corrected chi connectivity index (χ2v) is 7.22. The molecular weight excluding hydrogens is 344 g/mol. The van der Waals surface area contributed by atoms with E-state index < -0.39 is 78.2 Å². The molecule has 0 aromatic heterocycles. The van der Waals surface area contributed by atoms with E-state index in [0.717, 1.165) is 11.8 Å². The highest BCUT2D eigenvalue weighted by Crippen LogP contribution is 2.27. The van der Waals surface area contributed by atoms with Gasteiger partial charge in [0.2, 0.25) is 11.8 Å². The molecule has 6 nitrogen and oxygen atoms in total. The summed E-state index contributed by atoms with van der Waals surface area (Å²) in [5, 5.41) is 12.3. The van der Waals surface area contributed by atoms with Gasteiger partial charge in [0.15, 0.2) is 5.78 Å². The van der Waals surface area contributed by atoms with Crippen molar-refractivity contribution in [2.75, 3.05) is 7.05 Å². The van der Waals surface area contributed by atoms with Crippen LogP contribution >= 0.6 is 0 Å². The Morgan fingerprint density at radius 3 is 2.67 bits per heavy atom. The van der Waals surface area contributed by atoms with Gasteiger partial charge in [-0.3, -0.25) is 14.4 Å². The van der Waals surface area contributed by atoms with Crippen LogP contribution in [0.1, 0.15) is 59.5 Å². The maximum absolute atomic E-state index is 13.2. The molecule has 148 valence electrons. The van der Waals surface area contributed by atoms with E-state index in [0.29, 0.717) is 0 Å². The lowest BCUT2D eigenvalue weighted by Gasteiger charge is -2.26. The van der Waals surface area contributed by atoms with Gasteiger partial charge in [0.25, 0.3) is 0 Å². The number of nitrogens with one attached hydrogen (secondary N) is 1. The summed E-state index contributed by atoms with van der Waals surface area (Å²) < 4.78 is 49.4. The molecule has 1 aromatic rings. The van der Waals surface area contributed by atoms with Crippen molar-refractivity contribution in [3.63, 3.8) is 0 Å². The summed E-state index contributed by atoms with van der Waals surface area (Å²) in [4.78, 5) is 39.6. The topological polar surface area (TPSA) is 86.7 Å². The van der Waals surface area contributed by atoms with Crippen LogP contribution in [0, 0.1) is 11.8 Å². The molecule has 1 unspecified atom stereocenters. The average molecular weight is 381 g/mol. The van der Waals surface area contributed by atoms with E-state index in [-0.39, 0.29) is 17.5 Å². The number of aliphatic hydroxyl groups is 1. The van der Waals surface area contributed by atoms with Crippen molar-refractivity contribution in [2.24, 2.45) is 11.8 Å². The first-order valence-corrected chi connectivity index (χ1v) is 8.82. The summed E-state index contributed by atoms with van der Waals surface area (Å²) in [6.45, 7) is 5.81. The number of hydrogen-bond donors (Lipinski definition) is 2. The van der Waals surface area contributed by atoms with Gasteiger partial charge in [-0.05, 0) is 30.4 Å². The van der Waals surface area contributed by atoms with Crippen molar-refractivity contribution in [1.82, 2.24) is 10.2 Å². The Morgan fingerprint density at radius 1 is 1.41 bits per heavy atom. The van der Waals surface area contributed by atoms with E-state index in [9.17, 15) is 19.5 Å². The van der Waals surface area contributed by atoms with Gasteiger partial charge < -0.3 is 15.3 Å². The maximum Gasteiger partial charge on any atom is 0.249 e. The number of amides is 2. The van der Waals surface area contributed by atoms with E-state index in [1.807, 2.05) is 0 Å². The molecule has 0 bridgehead atoms. The largest absolute Gasteiger partial charge is 0.385 e. The molecule has 2 amide bonds. The van der Waals surface area contributed by atoms with Crippen LogP contribution in [0.15, 0.2) is 24.2 Å². The zero-order valence-electron chi connectivity index (χ0n) is 22.3. The van der Waals surface area contributed by atoms with E-state index >= 15 is 0 Å². The summed E-state index contributed by atoms with van der Waals surface area (Å²) in [6, 6.07) is -5.18. The first-order chi connectivity index (χ1) is 14.9. The Morgan fingerprint density at radius 2 is 2.04 bits per heavy atom. The zero-order chi connectivity index (χ0) is 25.6. The molecule has 1 aliphatic rings. The number of hydrogen-bond acceptors (Lipinski definition) is 4. The molecule has 2 rings (SSSR count). The van der Waals surface area contributed by atoms with Gasteiger partial charge in [-0.2, -0.15) is 0 Å². The number of ketones is 1. The van der Waals surface area contributed by atoms with Crippen LogP contribution in [0.5, 0.6) is 0 Å². The molecule has 1 aliphatic heterocycles. The van der Waals surface area contributed by atoms with E-state index in [1.165, 1.54) is 14.0 Å². The molecule has 2 N–H and O–H groups in total. The van der Waals surface area contributed by atoms with Crippen LogP contribution in [-0.2, 0) is 20.8 Å². The molecule has 0 saturated heterocycles. The lowest BCUT2D eigenvalue weighted by molar-refractivity contribution is -0.138. The monoisotopic (exact) mass is 380 g/mol. The number of rotatable bonds is 6. The second kappa shape index (κ2) is 8.65. The lowest BCUT2D eigenvalue weighted by atomic mass is 9.94. The number of carbonyl (C=O) groups is 3. The van der Waals surface area contributed by atoms with Crippen LogP contribution in [0.4, 0.5) is 0 Å². The van der Waals surface area contributed by atoms with Crippen molar-refractivity contribution in [2.45, 2.75) is 58.7 Å². The van der Waals surface area contributed by atoms with Gasteiger partial charge in [0.1, 0.15) is 12.1 Å². The molecule has 27 heavy (non-hydrogen) atoms. The van der Waals surface area contributed by atoms with E-state index in [2.05, 4.69) is 5.32 Å². The minimum Gasteiger partial charge on any atom is -0.385 e. The first kappa shape index (κ1) is 13.9. The molecule has 4 atom stereocenters. The summed E-state index contributed by atoms with van der Waals surface area (Å²) in [5.41, 5.74) is -0.133. The number of benzene rings is 1. The number of fused-ring (bicyclic) bond motifs is 1. The fraction of sp³-hybridized carbons (Fsp3) is 0.571. The smallest absolute Gasteiger partial charge is 0.249 e. The van der Waals surface area contributed by atoms with E-state index in [1.54, 1.807) is 13.8 Å². The number of carbonyl (C=O) groups excluding carboxylic acids is 3. The Balaban J connectivity index is 2.55. The summed E-state index contributed by atoms with van der Waals surface area (Å²) in [5.74, 6) is -4.98. The van der Waals surface area contributed by atoms with Gasteiger partial charge in [-0.15, -0.1) is 0 Å². The molecule has 1 heterocycles. The average Bonchev–Trinajstić information content (AvgIpc) is 2.78. The molecular formula is C21H30N2O4. The summed E-state index contributed by atoms with van der Waals surface area (Å²) >= 11 is 0. The summed E-state index contributed by atoms with van der Waals surface area (Å²) in [6.07, 6.45) is -2.18. The predicted molar refractivity (Wildman–Crippen MR) is 103 cm³/mol. The van der Waals surface area contributed by atoms with Crippen LogP contribution in [0.25, 0.3) is 0 Å². The van der Waals surface area contributed by atoms with Gasteiger partial charge >= 0.3 is 0 Å². The van der Waals surface area contributed by atoms with Crippen molar-refractivity contribution in [3.05, 3.63) is 35.3 Å². The van der Waals surface area contributed by atoms with Crippen LogP contribution in [0.2, 0.25) is 0 Å². The van der Waals surface area contributed by atoms with Crippen molar-refractivity contribution >= 4 is 17.6 Å². The number of Topliss-reactive ketones (excluding diaryl/α,β-unsaturated/α-hetero) is 1. The maximum atomic E-state index is 13.2. The Bertz CT molecular complexity index is 996. The first-order valence-electron chi connectivity index (χ1n) is 11.8. The third-order valence-electron chi connectivity index (χ3n) is 4.73. The van der Waals surface area contributed by atoms with Crippen LogP contribution in [-0.4, -0.2) is 46.8 Å². The quantitative estimate of drug-likeness (QED) is 0.789. The second-order valence-electron chi connectivity index (χ2n) is 7.22. The van der Waals surface area contributed by atoms with Crippen molar-refractivity contribution in [3.8, 4) is 0 Å². The zero-order valence-corrected chi connectivity index (χ0v) is 16.3. The highest BCUT2D eigenvalue weighted by atomic mass is 16.3. The standard InChI is InChI=1S/C21H30N2O4/c1-12(2)19(25)17(24)10-13(3)20(26)22-18-16-9-7-6-8-15(16)11-14(4)23(5)21(18)27/h6-9,12-14,18-19,25H,10-11H2,1-5H3,(H,22,26)/t13-,14?,18+,19+/m1/s1/i6D,7D,8D,9D,13D,14D. The number of nitrogens with zero attached hydrogens (tertiary/aromatic N) is 1. The molecule has 0 spiro atoms. The predicted octanol–water partition coefficient (Wildman–Crippen LogP) is 1.86. The lowest BCUT2D eigenvalue weighted by Crippen LogP contribution is -2.44. The van der Waals surface area contributed by atoms with E-state index in [4.69, 9.17) is 8.22 Å². The number of aliphatic hydroxyl groups excluding tert-OH is 1. The molecule has 0 radical (unpaired) electrons. The fourth-order valence-electron chi connectivity index (χ4n) is 2.82. The number of likely N-dealkylation sites (N-methyl/N-ethyl adjacent to an activating group) is 1. The minimum absolute atomic E-state index is 0.0273. The third kappa shape index (κ3) is 4.75. The molecule has 0 saturated carbocycles. The third-order valence-corrected chi connectivity index (χ3v) is 4.73. The SMILES string of the molecule is [2H]c1c([2H])c([2H])c2c(c1[2H])CC([2H])(C)N(C)C(=O)[C@H]2NC(=O)[C@]([2H])(C)CC(=O)[C@@H](O)C(C)C. The minimum atomic E-state index is -2.06. The molecule has 1 aromatic carbocycles. The molecule has 0 aliphatic carbocycles. The summed E-state index contributed by atoms with van der Waals surface area (Å²) in [7, 11) is 1.33. The Hall–Kier alpha value is -2.21. The molecule has 0 fully saturated rings. The van der Waals surface area contributed by atoms with Crippen LogP contribution < -0.4 is 5.32 Å². The van der Waals surface area contributed by atoms with Gasteiger partial charge in [0.05, 0.1) is 6.85 Å². The molecule has 6 heteroatoms. The van der Waals surface area contributed by atoms with Crippen molar-refractivity contribution < 1.29 is 27.7 Å². The highest BCUT2D eigenvalue weighted by molar-refractivity contribution is 5.93. The Kier molecular flexibility index (Phi) is 4.45. The highest BCUT2D eigenvalue weighted by Gasteiger charge is 2.34. The van der Waals surface area contributed by atoms with Crippen LogP contribution in [0.3, 0.4) is 0 Å². The Labute approximate surface area is 169 Å².